The summed E-state index contributed by atoms with van der Waals surface area (Å²) < 4.78 is 22.7. The lowest BCUT2D eigenvalue weighted by atomic mass is 10.2. The quantitative estimate of drug-likeness (QED) is 0.934. The van der Waals surface area contributed by atoms with Gasteiger partial charge in [0.1, 0.15) is 5.82 Å². The van der Waals surface area contributed by atoms with Crippen molar-refractivity contribution in [3.05, 3.63) is 47.4 Å². The molecule has 0 aliphatic heterocycles. The first-order valence-corrected chi connectivity index (χ1v) is 8.08. The standard InChI is InChI=1S/C14H17N3O2S/c1-10-8-15-11(2)14(17-10)16-9-12-4-6-13(7-5-12)20(3,18)19/h4-8H,9H2,1-3H3,(H,16,17). The molecule has 0 unspecified atom stereocenters. The average Bonchev–Trinajstić information content (AvgIpc) is 2.39. The zero-order valence-electron chi connectivity index (χ0n) is 11.7. The van der Waals surface area contributed by atoms with Gasteiger partial charge in [-0.3, -0.25) is 4.98 Å². The zero-order valence-corrected chi connectivity index (χ0v) is 12.5. The zero-order chi connectivity index (χ0) is 14.8. The van der Waals surface area contributed by atoms with Crippen molar-refractivity contribution in [2.24, 2.45) is 0 Å². The lowest BCUT2D eigenvalue weighted by molar-refractivity contribution is 0.602. The molecule has 1 aromatic heterocycles. The summed E-state index contributed by atoms with van der Waals surface area (Å²) in [5, 5.41) is 3.21. The van der Waals surface area contributed by atoms with Gasteiger partial charge in [-0.05, 0) is 31.5 Å². The van der Waals surface area contributed by atoms with E-state index in [2.05, 4.69) is 15.3 Å². The van der Waals surface area contributed by atoms with Crippen LogP contribution in [0.3, 0.4) is 0 Å². The predicted molar refractivity (Wildman–Crippen MR) is 78.4 cm³/mol. The van der Waals surface area contributed by atoms with E-state index in [0.717, 1.165) is 22.8 Å². The molecule has 1 N–H and O–H groups in total. The van der Waals surface area contributed by atoms with Crippen molar-refractivity contribution >= 4 is 15.7 Å². The Morgan fingerprint density at radius 1 is 1.15 bits per heavy atom. The Morgan fingerprint density at radius 2 is 1.80 bits per heavy atom. The van der Waals surface area contributed by atoms with Crippen molar-refractivity contribution in [2.75, 3.05) is 11.6 Å². The fourth-order valence-electron chi connectivity index (χ4n) is 1.75. The maximum Gasteiger partial charge on any atom is 0.175 e. The molecule has 0 saturated heterocycles. The third-order valence-corrected chi connectivity index (χ3v) is 4.02. The summed E-state index contributed by atoms with van der Waals surface area (Å²) in [7, 11) is -3.14. The molecule has 2 rings (SSSR count). The van der Waals surface area contributed by atoms with Gasteiger partial charge in [0.15, 0.2) is 9.84 Å². The number of nitrogens with one attached hydrogen (secondary N) is 1. The maximum atomic E-state index is 11.4. The van der Waals surface area contributed by atoms with E-state index < -0.39 is 9.84 Å². The fourth-order valence-corrected chi connectivity index (χ4v) is 2.38. The minimum atomic E-state index is -3.14. The smallest absolute Gasteiger partial charge is 0.175 e. The number of nitrogens with zero attached hydrogens (tertiary/aromatic N) is 2. The Kier molecular flexibility index (Phi) is 4.04. The van der Waals surface area contributed by atoms with E-state index >= 15 is 0 Å². The molecule has 0 amide bonds. The number of hydrogen-bond acceptors (Lipinski definition) is 5. The molecule has 0 bridgehead atoms. The van der Waals surface area contributed by atoms with Crippen LogP contribution in [0.25, 0.3) is 0 Å². The van der Waals surface area contributed by atoms with Crippen LogP contribution in [0.2, 0.25) is 0 Å². The first-order valence-electron chi connectivity index (χ1n) is 6.19. The molecule has 0 aliphatic carbocycles. The lowest BCUT2D eigenvalue weighted by Gasteiger charge is -2.09. The molecule has 20 heavy (non-hydrogen) atoms. The van der Waals surface area contributed by atoms with Crippen molar-refractivity contribution in [2.45, 2.75) is 25.3 Å². The van der Waals surface area contributed by atoms with E-state index in [1.807, 2.05) is 13.8 Å². The second kappa shape index (κ2) is 5.58. The first-order chi connectivity index (χ1) is 9.36. The Bertz CT molecular complexity index is 710. The molecule has 106 valence electrons. The Hall–Kier alpha value is -1.95. The van der Waals surface area contributed by atoms with Gasteiger partial charge in [0.25, 0.3) is 0 Å². The highest BCUT2D eigenvalue weighted by Crippen LogP contribution is 2.13. The van der Waals surface area contributed by atoms with Gasteiger partial charge in [-0.25, -0.2) is 13.4 Å². The van der Waals surface area contributed by atoms with Crippen molar-refractivity contribution in [3.63, 3.8) is 0 Å². The maximum absolute atomic E-state index is 11.4. The molecular formula is C14H17N3O2S. The van der Waals surface area contributed by atoms with Crippen LogP contribution in [0.15, 0.2) is 35.4 Å². The molecule has 0 spiro atoms. The number of benzene rings is 1. The number of aromatic nitrogens is 2. The number of aryl methyl sites for hydroxylation is 2. The van der Waals surface area contributed by atoms with Gasteiger partial charge in [0, 0.05) is 19.0 Å². The molecule has 1 heterocycles. The molecule has 0 atom stereocenters. The minimum absolute atomic E-state index is 0.327. The van der Waals surface area contributed by atoms with E-state index in [1.165, 1.54) is 6.26 Å². The molecule has 1 aromatic carbocycles. The van der Waals surface area contributed by atoms with Crippen LogP contribution in [0.1, 0.15) is 17.0 Å². The number of anilines is 1. The predicted octanol–water partition coefficient (Wildman–Crippen LogP) is 2.11. The van der Waals surface area contributed by atoms with E-state index in [9.17, 15) is 8.42 Å². The topological polar surface area (TPSA) is 72.0 Å². The monoisotopic (exact) mass is 291 g/mol. The van der Waals surface area contributed by atoms with Gasteiger partial charge in [-0.2, -0.15) is 0 Å². The van der Waals surface area contributed by atoms with Crippen molar-refractivity contribution < 1.29 is 8.42 Å². The summed E-state index contributed by atoms with van der Waals surface area (Å²) in [6, 6.07) is 6.81. The van der Waals surface area contributed by atoms with Crippen molar-refractivity contribution in [1.29, 1.82) is 0 Å². The van der Waals surface area contributed by atoms with Gasteiger partial charge in [-0.1, -0.05) is 12.1 Å². The van der Waals surface area contributed by atoms with E-state index in [1.54, 1.807) is 30.5 Å². The van der Waals surface area contributed by atoms with Gasteiger partial charge < -0.3 is 5.32 Å². The molecule has 0 radical (unpaired) electrons. The van der Waals surface area contributed by atoms with Crippen molar-refractivity contribution in [3.8, 4) is 0 Å². The summed E-state index contributed by atoms with van der Waals surface area (Å²) in [4.78, 5) is 8.93. The Balaban J connectivity index is 2.10. The van der Waals surface area contributed by atoms with Gasteiger partial charge in [0.2, 0.25) is 0 Å². The highest BCUT2D eigenvalue weighted by molar-refractivity contribution is 7.90. The van der Waals surface area contributed by atoms with Crippen LogP contribution >= 0.6 is 0 Å². The van der Waals surface area contributed by atoms with Crippen molar-refractivity contribution in [1.82, 2.24) is 9.97 Å². The Labute approximate surface area is 119 Å². The fraction of sp³-hybridized carbons (Fsp3) is 0.286. The summed E-state index contributed by atoms with van der Waals surface area (Å²) in [5.41, 5.74) is 2.67. The molecule has 0 fully saturated rings. The van der Waals surface area contributed by atoms with Crippen LogP contribution < -0.4 is 5.32 Å². The third kappa shape index (κ3) is 3.54. The van der Waals surface area contributed by atoms with Crippen LogP contribution in [0.4, 0.5) is 5.82 Å². The van der Waals surface area contributed by atoms with Gasteiger partial charge in [-0.15, -0.1) is 0 Å². The number of sulfone groups is 1. The van der Waals surface area contributed by atoms with Crippen LogP contribution in [-0.2, 0) is 16.4 Å². The van der Waals surface area contributed by atoms with Gasteiger partial charge in [0.05, 0.1) is 16.3 Å². The summed E-state index contributed by atoms with van der Waals surface area (Å²) >= 11 is 0. The molecule has 0 aliphatic rings. The summed E-state index contributed by atoms with van der Waals surface area (Å²) in [5.74, 6) is 0.747. The second-order valence-corrected chi connectivity index (χ2v) is 6.73. The van der Waals surface area contributed by atoms with Crippen LogP contribution in [0.5, 0.6) is 0 Å². The lowest BCUT2D eigenvalue weighted by Crippen LogP contribution is -2.05. The summed E-state index contributed by atoms with van der Waals surface area (Å²) in [6.45, 7) is 4.35. The largest absolute Gasteiger partial charge is 0.364 e. The molecule has 6 heteroatoms. The first kappa shape index (κ1) is 14.5. The SMILES string of the molecule is Cc1cnc(C)c(NCc2ccc(S(C)(=O)=O)cc2)n1. The minimum Gasteiger partial charge on any atom is -0.364 e. The highest BCUT2D eigenvalue weighted by atomic mass is 32.2. The van der Waals surface area contributed by atoms with E-state index in [-0.39, 0.29) is 0 Å². The molecular weight excluding hydrogens is 274 g/mol. The van der Waals surface area contributed by atoms with Crippen LogP contribution in [-0.4, -0.2) is 24.6 Å². The number of hydrogen-bond donors (Lipinski definition) is 1. The van der Waals surface area contributed by atoms with Gasteiger partial charge >= 0.3 is 0 Å². The molecule has 0 saturated carbocycles. The normalized spacial score (nSPS) is 11.3. The Morgan fingerprint density at radius 3 is 2.40 bits per heavy atom. The van der Waals surface area contributed by atoms with E-state index in [4.69, 9.17) is 0 Å². The second-order valence-electron chi connectivity index (χ2n) is 4.72. The average molecular weight is 291 g/mol. The number of rotatable bonds is 4. The molecule has 2 aromatic rings. The van der Waals surface area contributed by atoms with E-state index in [0.29, 0.717) is 11.4 Å². The molecule has 5 nitrogen and oxygen atoms in total. The highest BCUT2D eigenvalue weighted by Gasteiger charge is 2.06. The summed E-state index contributed by atoms with van der Waals surface area (Å²) in [6.07, 6.45) is 2.92. The third-order valence-electron chi connectivity index (χ3n) is 2.89. The van der Waals surface area contributed by atoms with Crippen LogP contribution in [0, 0.1) is 13.8 Å².